The Morgan fingerprint density at radius 3 is 2.09 bits per heavy atom. The number of hydrogen-bond acceptors (Lipinski definition) is 3. The van der Waals surface area contributed by atoms with Crippen molar-refractivity contribution in [2.24, 2.45) is 0 Å². The summed E-state index contributed by atoms with van der Waals surface area (Å²) in [6.07, 6.45) is 2.84. The summed E-state index contributed by atoms with van der Waals surface area (Å²) in [4.78, 5) is 17.9. The molecule has 2 atom stereocenters. The fraction of sp³-hybridized carbons (Fsp3) is 0.321. The number of para-hydroxylation sites is 1. The molecule has 170 valence electrons. The number of hydrogen-bond donors (Lipinski definition) is 1. The molecule has 5 heteroatoms. The summed E-state index contributed by atoms with van der Waals surface area (Å²) in [5.74, 6) is 0.638. The van der Waals surface area contributed by atoms with Crippen LogP contribution in [0.4, 0.5) is 5.69 Å². The lowest BCUT2D eigenvalue weighted by Crippen LogP contribution is -2.56. The molecule has 0 radical (unpaired) electrons. The summed E-state index contributed by atoms with van der Waals surface area (Å²) in [5.41, 5.74) is 5.05. The number of likely N-dealkylation sites (tertiary alicyclic amines) is 1. The summed E-state index contributed by atoms with van der Waals surface area (Å²) in [6.45, 7) is 2.49. The van der Waals surface area contributed by atoms with Crippen molar-refractivity contribution in [1.29, 1.82) is 0 Å². The van der Waals surface area contributed by atoms with Crippen LogP contribution in [-0.4, -0.2) is 36.1 Å². The van der Waals surface area contributed by atoms with Gasteiger partial charge in [0.15, 0.2) is 0 Å². The Kier molecular flexibility index (Phi) is 5.90. The van der Waals surface area contributed by atoms with Crippen LogP contribution in [0.15, 0.2) is 84.9 Å². The van der Waals surface area contributed by atoms with Crippen molar-refractivity contribution in [3.8, 4) is 0 Å². The molecule has 33 heavy (non-hydrogen) atoms. The molecule has 2 saturated heterocycles. The van der Waals surface area contributed by atoms with Crippen molar-refractivity contribution in [3.63, 3.8) is 0 Å². The standard InChI is InChI=1S/C28H29N3O.ClH/c32-27-28(31(20-29-27)22-11-5-2-6-12-22)15-17-30(18-16-28)26-19-25(21-9-3-1-4-10-21)23-13-7-8-14-24(23)26;/h1-14,25-26H,15-20H2,(H,29,32);1H. The highest BCUT2D eigenvalue weighted by atomic mass is 35.5. The smallest absolute Gasteiger partial charge is 0.247 e. The van der Waals surface area contributed by atoms with Gasteiger partial charge in [0.2, 0.25) is 5.91 Å². The minimum absolute atomic E-state index is 0. The van der Waals surface area contributed by atoms with Gasteiger partial charge in [-0.2, -0.15) is 0 Å². The molecule has 1 aliphatic carbocycles. The van der Waals surface area contributed by atoms with Crippen LogP contribution >= 0.6 is 12.4 Å². The molecule has 6 rings (SSSR count). The molecular formula is C28H30ClN3O. The van der Waals surface area contributed by atoms with Gasteiger partial charge in [0.05, 0.1) is 6.67 Å². The van der Waals surface area contributed by atoms with E-state index in [2.05, 4.69) is 94.0 Å². The number of benzene rings is 3. The number of anilines is 1. The number of carbonyl (C=O) groups excluding carboxylic acids is 1. The molecule has 3 aromatic rings. The number of carbonyl (C=O) groups is 1. The summed E-state index contributed by atoms with van der Waals surface area (Å²) in [5, 5.41) is 3.13. The highest BCUT2D eigenvalue weighted by Crippen LogP contribution is 2.48. The van der Waals surface area contributed by atoms with Crippen LogP contribution < -0.4 is 10.2 Å². The predicted octanol–water partition coefficient (Wildman–Crippen LogP) is 5.11. The van der Waals surface area contributed by atoms with Crippen LogP contribution in [-0.2, 0) is 4.79 Å². The lowest BCUT2D eigenvalue weighted by Gasteiger charge is -2.45. The second kappa shape index (κ2) is 8.85. The van der Waals surface area contributed by atoms with Crippen molar-refractivity contribution < 1.29 is 4.79 Å². The fourth-order valence-corrected chi connectivity index (χ4v) is 6.19. The van der Waals surface area contributed by atoms with Crippen molar-refractivity contribution in [2.75, 3.05) is 24.7 Å². The van der Waals surface area contributed by atoms with E-state index in [-0.39, 0.29) is 18.3 Å². The van der Waals surface area contributed by atoms with Gasteiger partial charge in [0.25, 0.3) is 0 Å². The third kappa shape index (κ3) is 3.62. The Morgan fingerprint density at radius 1 is 0.788 bits per heavy atom. The minimum atomic E-state index is -0.422. The molecular weight excluding hydrogens is 430 g/mol. The Balaban J connectivity index is 0.00000228. The largest absolute Gasteiger partial charge is 0.339 e. The molecule has 0 bridgehead atoms. The van der Waals surface area contributed by atoms with Gasteiger partial charge in [-0.25, -0.2) is 0 Å². The lowest BCUT2D eigenvalue weighted by molar-refractivity contribution is -0.125. The van der Waals surface area contributed by atoms with E-state index < -0.39 is 5.54 Å². The first-order valence-corrected chi connectivity index (χ1v) is 11.8. The first kappa shape index (κ1) is 22.0. The van der Waals surface area contributed by atoms with Crippen LogP contribution in [0.5, 0.6) is 0 Å². The van der Waals surface area contributed by atoms with Crippen molar-refractivity contribution in [2.45, 2.75) is 36.8 Å². The van der Waals surface area contributed by atoms with Crippen molar-refractivity contribution in [3.05, 3.63) is 102 Å². The van der Waals surface area contributed by atoms with Crippen molar-refractivity contribution >= 4 is 24.0 Å². The zero-order valence-corrected chi connectivity index (χ0v) is 19.5. The van der Waals surface area contributed by atoms with E-state index in [0.29, 0.717) is 18.6 Å². The summed E-state index contributed by atoms with van der Waals surface area (Å²) in [6, 6.07) is 30.7. The van der Waals surface area contributed by atoms with Crippen LogP contribution in [0.3, 0.4) is 0 Å². The molecule has 1 amide bonds. The Morgan fingerprint density at radius 2 is 1.39 bits per heavy atom. The van der Waals surface area contributed by atoms with Crippen LogP contribution in [0.2, 0.25) is 0 Å². The number of rotatable bonds is 3. The molecule has 2 unspecified atom stereocenters. The fourth-order valence-electron chi connectivity index (χ4n) is 6.19. The third-order valence-electron chi connectivity index (χ3n) is 7.86. The molecule has 3 aromatic carbocycles. The SMILES string of the molecule is Cl.O=C1NCN(c2ccccc2)C12CCN(C1CC(c3ccccc3)c3ccccc31)CC2. The average molecular weight is 460 g/mol. The van der Waals surface area contributed by atoms with E-state index in [4.69, 9.17) is 0 Å². The van der Waals surface area contributed by atoms with Gasteiger partial charge >= 0.3 is 0 Å². The van der Waals surface area contributed by atoms with Crippen molar-refractivity contribution in [1.82, 2.24) is 10.2 Å². The molecule has 0 saturated carbocycles. The van der Waals surface area contributed by atoms with Gasteiger partial charge in [-0.15, -0.1) is 12.4 Å². The normalized spacial score (nSPS) is 23.8. The maximum Gasteiger partial charge on any atom is 0.247 e. The van der Waals surface area contributed by atoms with E-state index in [1.165, 1.54) is 16.7 Å². The van der Waals surface area contributed by atoms with Crippen LogP contribution in [0.25, 0.3) is 0 Å². The molecule has 2 fully saturated rings. The van der Waals surface area contributed by atoms with Crippen LogP contribution in [0, 0.1) is 0 Å². The molecule has 0 aromatic heterocycles. The van der Waals surface area contributed by atoms with Gasteiger partial charge in [0.1, 0.15) is 5.54 Å². The number of nitrogens with zero attached hydrogens (tertiary/aromatic N) is 2. The predicted molar refractivity (Wildman–Crippen MR) is 135 cm³/mol. The van der Waals surface area contributed by atoms with Gasteiger partial charge in [-0.05, 0) is 48.1 Å². The molecule has 2 aliphatic heterocycles. The Hall–Kier alpha value is -2.82. The zero-order chi connectivity index (χ0) is 21.5. The molecule has 1 spiro atoms. The topological polar surface area (TPSA) is 35.6 Å². The highest BCUT2D eigenvalue weighted by Gasteiger charge is 2.51. The van der Waals surface area contributed by atoms with E-state index >= 15 is 0 Å². The van der Waals surface area contributed by atoms with Gasteiger partial charge in [0, 0.05) is 30.7 Å². The van der Waals surface area contributed by atoms with Crippen LogP contribution in [0.1, 0.15) is 47.9 Å². The number of nitrogens with one attached hydrogen (secondary N) is 1. The zero-order valence-electron chi connectivity index (χ0n) is 18.7. The summed E-state index contributed by atoms with van der Waals surface area (Å²) < 4.78 is 0. The average Bonchev–Trinajstić information content (AvgIpc) is 3.39. The molecule has 3 aliphatic rings. The van der Waals surface area contributed by atoms with E-state index in [1.54, 1.807) is 0 Å². The molecule has 4 nitrogen and oxygen atoms in total. The summed E-state index contributed by atoms with van der Waals surface area (Å²) in [7, 11) is 0. The molecule has 1 N–H and O–H groups in total. The quantitative estimate of drug-likeness (QED) is 0.591. The Bertz CT molecular complexity index is 1110. The lowest BCUT2D eigenvalue weighted by atomic mass is 9.84. The Labute approximate surface area is 202 Å². The first-order valence-electron chi connectivity index (χ1n) is 11.8. The third-order valence-corrected chi connectivity index (χ3v) is 7.86. The number of amides is 1. The minimum Gasteiger partial charge on any atom is -0.339 e. The first-order chi connectivity index (χ1) is 15.8. The van der Waals surface area contributed by atoms with E-state index in [9.17, 15) is 4.79 Å². The number of fused-ring (bicyclic) bond motifs is 1. The number of piperidine rings is 1. The molecule has 2 heterocycles. The van der Waals surface area contributed by atoms with E-state index in [0.717, 1.165) is 38.0 Å². The maximum atomic E-state index is 13.0. The van der Waals surface area contributed by atoms with Gasteiger partial charge in [-0.3, -0.25) is 9.69 Å². The summed E-state index contributed by atoms with van der Waals surface area (Å²) >= 11 is 0. The monoisotopic (exact) mass is 459 g/mol. The van der Waals surface area contributed by atoms with Gasteiger partial charge in [-0.1, -0.05) is 72.8 Å². The highest BCUT2D eigenvalue weighted by molar-refractivity contribution is 5.93. The van der Waals surface area contributed by atoms with Gasteiger partial charge < -0.3 is 10.2 Å². The maximum absolute atomic E-state index is 13.0. The second-order valence-corrected chi connectivity index (χ2v) is 9.34. The van der Waals surface area contributed by atoms with E-state index in [1.807, 2.05) is 6.07 Å². The number of halogens is 1. The second-order valence-electron chi connectivity index (χ2n) is 9.34.